The molecule has 2 heterocycles. The number of H-pyrrole nitrogens is 1. The smallest absolute Gasteiger partial charge is 0.195 e. The molecule has 6 nitrogen and oxygen atoms in total. The zero-order valence-electron chi connectivity index (χ0n) is 9.63. The lowest BCUT2D eigenvalue weighted by atomic mass is 10.3. The number of aryl methyl sites for hydroxylation is 2. The maximum Gasteiger partial charge on any atom is 0.195 e. The number of aromatic nitrogens is 6. The fourth-order valence-electron chi connectivity index (χ4n) is 1.91. The van der Waals surface area contributed by atoms with Crippen molar-refractivity contribution in [2.75, 3.05) is 0 Å². The molecule has 0 radical (unpaired) electrons. The van der Waals surface area contributed by atoms with Gasteiger partial charge in [0.15, 0.2) is 10.6 Å². The second-order valence-electron chi connectivity index (χ2n) is 4.40. The second-order valence-corrected chi connectivity index (χ2v) is 4.78. The Kier molecular flexibility index (Phi) is 2.54. The summed E-state index contributed by atoms with van der Waals surface area (Å²) in [4.78, 5) is 4.21. The first kappa shape index (κ1) is 10.6. The molecule has 7 heteroatoms. The topological polar surface area (TPSA) is 64.3 Å². The molecule has 0 unspecified atom stereocenters. The standard InChI is InChI=1S/C10H14N6S/c1-15-6-11-8(14-15)4-5-16-9(7-2-3-7)12-13-10(16)17/h6-7H,2-5H2,1H3,(H,13,17). The van der Waals surface area contributed by atoms with Crippen LogP contribution in [0.2, 0.25) is 0 Å². The van der Waals surface area contributed by atoms with Crippen LogP contribution in [-0.4, -0.2) is 29.5 Å². The summed E-state index contributed by atoms with van der Waals surface area (Å²) in [5.41, 5.74) is 0. The van der Waals surface area contributed by atoms with Gasteiger partial charge in [0, 0.05) is 25.9 Å². The minimum atomic E-state index is 0.597. The van der Waals surface area contributed by atoms with Gasteiger partial charge in [-0.3, -0.25) is 9.78 Å². The molecule has 0 saturated heterocycles. The Labute approximate surface area is 104 Å². The molecule has 0 aromatic carbocycles. The van der Waals surface area contributed by atoms with E-state index in [1.54, 1.807) is 11.0 Å². The highest BCUT2D eigenvalue weighted by Crippen LogP contribution is 2.38. The quantitative estimate of drug-likeness (QED) is 0.828. The molecule has 1 N–H and O–H groups in total. The zero-order chi connectivity index (χ0) is 11.8. The molecule has 0 bridgehead atoms. The molecule has 1 fully saturated rings. The number of hydrogen-bond donors (Lipinski definition) is 1. The van der Waals surface area contributed by atoms with Gasteiger partial charge in [-0.2, -0.15) is 10.2 Å². The molecule has 90 valence electrons. The van der Waals surface area contributed by atoms with Crippen LogP contribution in [0.15, 0.2) is 6.33 Å². The Morgan fingerprint density at radius 3 is 3.00 bits per heavy atom. The van der Waals surface area contributed by atoms with Gasteiger partial charge in [0.05, 0.1) is 0 Å². The molecule has 2 aromatic rings. The van der Waals surface area contributed by atoms with E-state index in [9.17, 15) is 0 Å². The van der Waals surface area contributed by atoms with Gasteiger partial charge < -0.3 is 4.57 Å². The van der Waals surface area contributed by atoms with Gasteiger partial charge in [-0.05, 0) is 25.1 Å². The molecular formula is C10H14N6S. The molecule has 1 saturated carbocycles. The Balaban J connectivity index is 1.76. The van der Waals surface area contributed by atoms with Crippen LogP contribution in [0.1, 0.15) is 30.4 Å². The van der Waals surface area contributed by atoms with E-state index >= 15 is 0 Å². The number of hydrogen-bond acceptors (Lipinski definition) is 4. The third-order valence-corrected chi connectivity index (χ3v) is 3.25. The minimum absolute atomic E-state index is 0.597. The van der Waals surface area contributed by atoms with E-state index in [-0.39, 0.29) is 0 Å². The summed E-state index contributed by atoms with van der Waals surface area (Å²) in [7, 11) is 1.87. The summed E-state index contributed by atoms with van der Waals surface area (Å²) in [5, 5.41) is 11.4. The van der Waals surface area contributed by atoms with Gasteiger partial charge >= 0.3 is 0 Å². The first-order valence-electron chi connectivity index (χ1n) is 5.73. The molecule has 1 aliphatic rings. The van der Waals surface area contributed by atoms with E-state index < -0.39 is 0 Å². The third kappa shape index (κ3) is 2.14. The average molecular weight is 250 g/mol. The first-order chi connectivity index (χ1) is 8.24. The van der Waals surface area contributed by atoms with Gasteiger partial charge in [-0.1, -0.05) is 0 Å². The predicted octanol–water partition coefficient (Wildman–Crippen LogP) is 1.19. The molecule has 0 aliphatic heterocycles. The van der Waals surface area contributed by atoms with Crippen molar-refractivity contribution in [1.82, 2.24) is 29.5 Å². The molecule has 0 spiro atoms. The highest BCUT2D eigenvalue weighted by Gasteiger charge is 2.28. The number of nitrogens with one attached hydrogen (secondary N) is 1. The summed E-state index contributed by atoms with van der Waals surface area (Å²) in [6.45, 7) is 0.797. The molecular weight excluding hydrogens is 236 g/mol. The minimum Gasteiger partial charge on any atom is -0.303 e. The second kappa shape index (κ2) is 4.06. The molecule has 17 heavy (non-hydrogen) atoms. The van der Waals surface area contributed by atoms with E-state index in [1.165, 1.54) is 12.8 Å². The maximum atomic E-state index is 5.24. The van der Waals surface area contributed by atoms with Crippen LogP contribution in [0.25, 0.3) is 0 Å². The van der Waals surface area contributed by atoms with Crippen LogP contribution in [0, 0.1) is 4.77 Å². The highest BCUT2D eigenvalue weighted by molar-refractivity contribution is 7.71. The van der Waals surface area contributed by atoms with E-state index in [4.69, 9.17) is 12.2 Å². The van der Waals surface area contributed by atoms with Crippen molar-refractivity contribution in [2.24, 2.45) is 7.05 Å². The van der Waals surface area contributed by atoms with Crippen LogP contribution >= 0.6 is 12.2 Å². The normalized spacial score (nSPS) is 15.4. The Morgan fingerprint density at radius 1 is 1.53 bits per heavy atom. The lowest BCUT2D eigenvalue weighted by Gasteiger charge is -2.03. The van der Waals surface area contributed by atoms with Gasteiger partial charge in [0.1, 0.15) is 12.2 Å². The predicted molar refractivity (Wildman–Crippen MR) is 64.1 cm³/mol. The van der Waals surface area contributed by atoms with Crippen LogP contribution in [0.5, 0.6) is 0 Å². The molecule has 2 aromatic heterocycles. The Morgan fingerprint density at radius 2 is 2.35 bits per heavy atom. The molecule has 0 atom stereocenters. The number of rotatable bonds is 4. The van der Waals surface area contributed by atoms with Crippen molar-refractivity contribution < 1.29 is 0 Å². The van der Waals surface area contributed by atoms with Gasteiger partial charge in [-0.15, -0.1) is 0 Å². The van der Waals surface area contributed by atoms with Crippen LogP contribution in [0.3, 0.4) is 0 Å². The largest absolute Gasteiger partial charge is 0.303 e. The lowest BCUT2D eigenvalue weighted by molar-refractivity contribution is 0.623. The fourth-order valence-corrected chi connectivity index (χ4v) is 2.14. The van der Waals surface area contributed by atoms with Crippen molar-refractivity contribution in [3.8, 4) is 0 Å². The SMILES string of the molecule is Cn1cnc(CCn2c(C3CC3)n[nH]c2=S)n1. The summed E-state index contributed by atoms with van der Waals surface area (Å²) < 4.78 is 4.48. The van der Waals surface area contributed by atoms with Gasteiger partial charge in [-0.25, -0.2) is 4.98 Å². The maximum absolute atomic E-state index is 5.24. The molecule has 0 amide bonds. The Bertz CT molecular complexity index is 576. The van der Waals surface area contributed by atoms with Crippen molar-refractivity contribution in [3.63, 3.8) is 0 Å². The summed E-state index contributed by atoms with van der Waals surface area (Å²) in [6, 6.07) is 0. The zero-order valence-corrected chi connectivity index (χ0v) is 10.4. The van der Waals surface area contributed by atoms with Crippen LogP contribution < -0.4 is 0 Å². The summed E-state index contributed by atoms with van der Waals surface area (Å²) in [5.74, 6) is 2.53. The number of nitrogens with zero attached hydrogens (tertiary/aromatic N) is 5. The van der Waals surface area contributed by atoms with Crippen molar-refractivity contribution >= 4 is 12.2 Å². The van der Waals surface area contributed by atoms with E-state index in [2.05, 4.69) is 24.8 Å². The van der Waals surface area contributed by atoms with Crippen molar-refractivity contribution in [1.29, 1.82) is 0 Å². The van der Waals surface area contributed by atoms with Crippen LogP contribution in [-0.2, 0) is 20.0 Å². The average Bonchev–Trinajstić information content (AvgIpc) is 2.97. The van der Waals surface area contributed by atoms with E-state index in [1.807, 2.05) is 7.05 Å². The van der Waals surface area contributed by atoms with E-state index in [0.29, 0.717) is 10.7 Å². The first-order valence-corrected chi connectivity index (χ1v) is 6.14. The highest BCUT2D eigenvalue weighted by atomic mass is 32.1. The molecule has 1 aliphatic carbocycles. The van der Waals surface area contributed by atoms with Gasteiger partial charge in [0.2, 0.25) is 0 Å². The third-order valence-electron chi connectivity index (χ3n) is 2.94. The summed E-state index contributed by atoms with van der Waals surface area (Å²) in [6.07, 6.45) is 4.95. The monoisotopic (exact) mass is 250 g/mol. The Hall–Kier alpha value is -1.50. The van der Waals surface area contributed by atoms with Crippen molar-refractivity contribution in [3.05, 3.63) is 22.7 Å². The summed E-state index contributed by atoms with van der Waals surface area (Å²) >= 11 is 5.24. The fraction of sp³-hybridized carbons (Fsp3) is 0.600. The van der Waals surface area contributed by atoms with Crippen molar-refractivity contribution in [2.45, 2.75) is 31.7 Å². The van der Waals surface area contributed by atoms with Crippen LogP contribution in [0.4, 0.5) is 0 Å². The van der Waals surface area contributed by atoms with Gasteiger partial charge in [0.25, 0.3) is 0 Å². The lowest BCUT2D eigenvalue weighted by Crippen LogP contribution is -2.07. The number of aromatic amines is 1. The molecule has 3 rings (SSSR count). The van der Waals surface area contributed by atoms with E-state index in [0.717, 1.165) is 24.6 Å².